The number of β-amino-alcohol motifs (C(OH)–C–C–N with tert-alkyl or cyclic N) is 1. The molecule has 4 atom stereocenters. The maximum Gasteiger partial charge on any atom is 0.243 e. The van der Waals surface area contributed by atoms with Crippen LogP contribution in [0, 0.1) is 11.8 Å². The summed E-state index contributed by atoms with van der Waals surface area (Å²) < 4.78 is 2.00. The SMILES string of the molecule is CCCc1c(-c2ccnn2CC)cccc1C(CC)NC(=O)C1CC(O)CN1C(=O)C(C)C(C)C. The van der Waals surface area contributed by atoms with Gasteiger partial charge in [0.2, 0.25) is 11.8 Å². The van der Waals surface area contributed by atoms with Crippen molar-refractivity contribution in [3.05, 3.63) is 41.6 Å². The molecule has 1 aromatic carbocycles. The molecule has 2 aromatic rings. The van der Waals surface area contributed by atoms with Crippen LogP contribution in [-0.2, 0) is 22.6 Å². The highest BCUT2D eigenvalue weighted by atomic mass is 16.3. The standard InChI is InChI=1S/C28H42N4O3/c1-7-11-21-22(12-10-13-23(21)25-14-15-29-32(25)9-3)24(8-2)30-27(34)26-16-20(33)17-31(26)28(35)19(6)18(4)5/h10,12-15,18-20,24,26,33H,7-9,11,16-17H2,1-6H3,(H,30,34). The molecule has 192 valence electrons. The van der Waals surface area contributed by atoms with E-state index in [0.717, 1.165) is 42.6 Å². The summed E-state index contributed by atoms with van der Waals surface area (Å²) in [6.07, 6.45) is 4.03. The minimum Gasteiger partial charge on any atom is -0.391 e. The van der Waals surface area contributed by atoms with E-state index < -0.39 is 12.1 Å². The molecule has 2 N–H and O–H groups in total. The number of amides is 2. The van der Waals surface area contributed by atoms with Crippen LogP contribution in [0.5, 0.6) is 0 Å². The zero-order valence-electron chi connectivity index (χ0n) is 22.1. The summed E-state index contributed by atoms with van der Waals surface area (Å²) in [5.41, 5.74) is 4.56. The van der Waals surface area contributed by atoms with Crippen molar-refractivity contribution in [2.75, 3.05) is 6.54 Å². The van der Waals surface area contributed by atoms with Gasteiger partial charge in [0, 0.05) is 37.2 Å². The molecule has 3 rings (SSSR count). The topological polar surface area (TPSA) is 87.5 Å². The summed E-state index contributed by atoms with van der Waals surface area (Å²) in [5, 5.41) is 18.0. The molecule has 0 bridgehead atoms. The van der Waals surface area contributed by atoms with Gasteiger partial charge in [-0.05, 0) is 42.9 Å². The Kier molecular flexibility index (Phi) is 9.11. The molecule has 7 nitrogen and oxygen atoms in total. The van der Waals surface area contributed by atoms with Crippen LogP contribution in [0.15, 0.2) is 30.5 Å². The number of aromatic nitrogens is 2. The molecule has 0 radical (unpaired) electrons. The first-order chi connectivity index (χ1) is 16.7. The Balaban J connectivity index is 1.90. The lowest BCUT2D eigenvalue weighted by Crippen LogP contribution is -2.48. The van der Waals surface area contributed by atoms with E-state index in [1.165, 1.54) is 5.56 Å². The number of carbonyl (C=O) groups is 2. The number of nitrogens with zero attached hydrogens (tertiary/aromatic N) is 3. The smallest absolute Gasteiger partial charge is 0.243 e. The zero-order valence-corrected chi connectivity index (χ0v) is 22.1. The van der Waals surface area contributed by atoms with E-state index in [-0.39, 0.29) is 42.7 Å². The summed E-state index contributed by atoms with van der Waals surface area (Å²) in [6, 6.07) is 7.49. The maximum absolute atomic E-state index is 13.5. The number of hydrogen-bond donors (Lipinski definition) is 2. The lowest BCUT2D eigenvalue weighted by molar-refractivity contribution is -0.142. The van der Waals surface area contributed by atoms with Crippen LogP contribution in [0.2, 0.25) is 0 Å². The molecule has 0 spiro atoms. The van der Waals surface area contributed by atoms with Gasteiger partial charge < -0.3 is 15.3 Å². The summed E-state index contributed by atoms with van der Waals surface area (Å²) in [6.45, 7) is 13.2. The van der Waals surface area contributed by atoms with Gasteiger partial charge in [0.1, 0.15) is 6.04 Å². The molecule has 7 heteroatoms. The van der Waals surface area contributed by atoms with Gasteiger partial charge in [0.05, 0.1) is 17.8 Å². The highest BCUT2D eigenvalue weighted by Crippen LogP contribution is 2.32. The number of likely N-dealkylation sites (tertiary alicyclic amines) is 1. The molecule has 2 heterocycles. The number of aliphatic hydroxyl groups is 1. The molecular formula is C28H42N4O3. The van der Waals surface area contributed by atoms with E-state index in [0.29, 0.717) is 0 Å². The van der Waals surface area contributed by atoms with E-state index in [1.54, 1.807) is 4.90 Å². The van der Waals surface area contributed by atoms with Crippen LogP contribution in [0.4, 0.5) is 0 Å². The lowest BCUT2D eigenvalue weighted by Gasteiger charge is -2.30. The van der Waals surface area contributed by atoms with Crippen molar-refractivity contribution in [2.24, 2.45) is 11.8 Å². The van der Waals surface area contributed by atoms with Gasteiger partial charge in [-0.1, -0.05) is 59.2 Å². The van der Waals surface area contributed by atoms with Gasteiger partial charge in [-0.3, -0.25) is 14.3 Å². The fraction of sp³-hybridized carbons (Fsp3) is 0.607. The predicted molar refractivity (Wildman–Crippen MR) is 139 cm³/mol. The summed E-state index contributed by atoms with van der Waals surface area (Å²) >= 11 is 0. The third kappa shape index (κ3) is 5.77. The third-order valence-corrected chi connectivity index (χ3v) is 7.36. The Bertz CT molecular complexity index is 1020. The Morgan fingerprint density at radius 3 is 2.54 bits per heavy atom. The second-order valence-electron chi connectivity index (χ2n) is 10.1. The van der Waals surface area contributed by atoms with Gasteiger partial charge in [-0.15, -0.1) is 0 Å². The Morgan fingerprint density at radius 2 is 1.91 bits per heavy atom. The van der Waals surface area contributed by atoms with Crippen molar-refractivity contribution in [1.29, 1.82) is 0 Å². The average molecular weight is 483 g/mol. The van der Waals surface area contributed by atoms with Crippen LogP contribution >= 0.6 is 0 Å². The van der Waals surface area contributed by atoms with Crippen molar-refractivity contribution in [3.8, 4) is 11.3 Å². The second kappa shape index (κ2) is 11.8. The first-order valence-electron chi connectivity index (χ1n) is 13.2. The van der Waals surface area contributed by atoms with Crippen LogP contribution in [0.3, 0.4) is 0 Å². The Labute approximate surface area is 209 Å². The van der Waals surface area contributed by atoms with Gasteiger partial charge in [-0.2, -0.15) is 5.10 Å². The van der Waals surface area contributed by atoms with E-state index in [1.807, 2.05) is 43.8 Å². The van der Waals surface area contributed by atoms with E-state index in [9.17, 15) is 14.7 Å². The highest BCUT2D eigenvalue weighted by molar-refractivity contribution is 5.89. The number of benzene rings is 1. The van der Waals surface area contributed by atoms with Gasteiger partial charge in [-0.25, -0.2) is 0 Å². The van der Waals surface area contributed by atoms with Gasteiger partial charge in [0.25, 0.3) is 0 Å². The first-order valence-corrected chi connectivity index (χ1v) is 13.2. The molecular weight excluding hydrogens is 440 g/mol. The van der Waals surface area contributed by atoms with Crippen LogP contribution < -0.4 is 5.32 Å². The monoisotopic (exact) mass is 482 g/mol. The molecule has 35 heavy (non-hydrogen) atoms. The van der Waals surface area contributed by atoms with Crippen molar-refractivity contribution >= 4 is 11.8 Å². The Hall–Kier alpha value is -2.67. The van der Waals surface area contributed by atoms with Crippen LogP contribution in [-0.4, -0.2) is 50.3 Å². The van der Waals surface area contributed by atoms with Crippen molar-refractivity contribution < 1.29 is 14.7 Å². The van der Waals surface area contributed by atoms with Gasteiger partial charge >= 0.3 is 0 Å². The molecule has 1 fully saturated rings. The number of hydrogen-bond acceptors (Lipinski definition) is 4. The van der Waals surface area contributed by atoms with E-state index >= 15 is 0 Å². The van der Waals surface area contributed by atoms with Gasteiger partial charge in [0.15, 0.2) is 0 Å². The molecule has 0 aliphatic carbocycles. The summed E-state index contributed by atoms with van der Waals surface area (Å²) in [7, 11) is 0. The zero-order chi connectivity index (χ0) is 25.7. The Morgan fingerprint density at radius 1 is 1.17 bits per heavy atom. The molecule has 1 aliphatic rings. The molecule has 1 saturated heterocycles. The fourth-order valence-corrected chi connectivity index (χ4v) is 5.03. The first kappa shape index (κ1) is 26.9. The molecule has 0 saturated carbocycles. The summed E-state index contributed by atoms with van der Waals surface area (Å²) in [5.74, 6) is -0.285. The lowest BCUT2D eigenvalue weighted by atomic mass is 9.90. The average Bonchev–Trinajstić information content (AvgIpc) is 3.48. The number of carbonyl (C=O) groups excluding carboxylic acids is 2. The fourth-order valence-electron chi connectivity index (χ4n) is 5.03. The van der Waals surface area contributed by atoms with Crippen molar-refractivity contribution in [1.82, 2.24) is 20.0 Å². The molecule has 1 aromatic heterocycles. The normalized spacial score (nSPS) is 19.7. The van der Waals surface area contributed by atoms with Crippen LogP contribution in [0.25, 0.3) is 11.3 Å². The maximum atomic E-state index is 13.5. The largest absolute Gasteiger partial charge is 0.391 e. The predicted octanol–water partition coefficient (Wildman–Crippen LogP) is 4.34. The second-order valence-corrected chi connectivity index (χ2v) is 10.1. The minimum atomic E-state index is -0.678. The van der Waals surface area contributed by atoms with E-state index in [4.69, 9.17) is 0 Å². The quantitative estimate of drug-likeness (QED) is 0.527. The van der Waals surface area contributed by atoms with Crippen molar-refractivity contribution in [3.63, 3.8) is 0 Å². The third-order valence-electron chi connectivity index (χ3n) is 7.36. The van der Waals surface area contributed by atoms with Crippen molar-refractivity contribution in [2.45, 2.75) is 92.0 Å². The summed E-state index contributed by atoms with van der Waals surface area (Å²) in [4.78, 5) is 28.2. The minimum absolute atomic E-state index is 0.0637. The number of nitrogens with one attached hydrogen (secondary N) is 1. The number of aliphatic hydroxyl groups excluding tert-OH is 1. The number of aryl methyl sites for hydroxylation is 1. The molecule has 2 amide bonds. The number of rotatable bonds is 10. The highest BCUT2D eigenvalue weighted by Gasteiger charge is 2.41. The van der Waals surface area contributed by atoms with E-state index in [2.05, 4.69) is 43.3 Å². The molecule has 4 unspecified atom stereocenters. The van der Waals surface area contributed by atoms with Crippen LogP contribution in [0.1, 0.15) is 78.0 Å². The molecule has 1 aliphatic heterocycles.